The molecule has 8 nitrogen and oxygen atoms in total. The molecular weight excluding hydrogens is 528 g/mol. The van der Waals surface area contributed by atoms with Crippen LogP contribution in [0.1, 0.15) is 32.1 Å². The maximum Gasteiger partial charge on any atom is 0.306 e. The molecule has 2 bridgehead atoms. The second kappa shape index (κ2) is 11.4. The lowest BCUT2D eigenvalue weighted by Gasteiger charge is -2.40. The van der Waals surface area contributed by atoms with Crippen molar-refractivity contribution < 1.29 is 23.4 Å². The van der Waals surface area contributed by atoms with Gasteiger partial charge in [0.15, 0.2) is 5.82 Å². The molecule has 1 saturated heterocycles. The molecule has 4 fully saturated rings. The number of H-pyrrole nitrogens is 1. The van der Waals surface area contributed by atoms with E-state index >= 15 is 0 Å². The number of ether oxygens (including phenoxy) is 1. The van der Waals surface area contributed by atoms with Crippen LogP contribution in [0.4, 0.5) is 20.3 Å². The largest absolute Gasteiger partial charge is 0.481 e. The van der Waals surface area contributed by atoms with E-state index in [4.69, 9.17) is 15.6 Å². The Kier molecular flexibility index (Phi) is 7.57. The molecule has 1 atom stereocenters. The monoisotopic (exact) mass is 561 g/mol. The van der Waals surface area contributed by atoms with Gasteiger partial charge < -0.3 is 25.5 Å². The summed E-state index contributed by atoms with van der Waals surface area (Å²) in [7, 11) is 0. The number of fused-ring (bicyclic) bond motifs is 4. The highest BCUT2D eigenvalue weighted by atomic mass is 19.1. The highest BCUT2D eigenvalue weighted by molar-refractivity contribution is 5.94. The summed E-state index contributed by atoms with van der Waals surface area (Å²) in [6.45, 7) is 3.16. The number of nitrogen functional groups attached to an aromatic ring is 1. The number of nitrogens with one attached hydrogen (secondary N) is 1. The summed E-state index contributed by atoms with van der Waals surface area (Å²) in [4.78, 5) is 24.7. The van der Waals surface area contributed by atoms with Crippen LogP contribution in [-0.2, 0) is 9.53 Å². The van der Waals surface area contributed by atoms with E-state index in [0.29, 0.717) is 28.4 Å². The summed E-state index contributed by atoms with van der Waals surface area (Å²) in [5, 5.41) is 9.23. The molecule has 214 valence electrons. The summed E-state index contributed by atoms with van der Waals surface area (Å²) < 4.78 is 33.2. The fourth-order valence-electron chi connectivity index (χ4n) is 6.42. The van der Waals surface area contributed by atoms with Gasteiger partial charge in [-0.2, -0.15) is 0 Å². The number of carbonyl (C=O) groups is 1. The fourth-order valence-corrected chi connectivity index (χ4v) is 6.42. The van der Waals surface area contributed by atoms with Crippen molar-refractivity contribution in [2.24, 2.45) is 17.8 Å². The molecule has 3 saturated carbocycles. The van der Waals surface area contributed by atoms with Crippen molar-refractivity contribution in [2.45, 2.75) is 32.1 Å². The molecule has 0 amide bonds. The second-order valence-electron chi connectivity index (χ2n) is 11.1. The van der Waals surface area contributed by atoms with E-state index in [2.05, 4.69) is 19.9 Å². The normalized spacial score (nSPS) is 21.9. The van der Waals surface area contributed by atoms with E-state index in [-0.39, 0.29) is 17.3 Å². The van der Waals surface area contributed by atoms with Gasteiger partial charge in [-0.05, 0) is 49.3 Å². The van der Waals surface area contributed by atoms with Crippen LogP contribution in [0.25, 0.3) is 33.5 Å². The lowest BCUT2D eigenvalue weighted by atomic mass is 9.65. The zero-order valence-electron chi connectivity index (χ0n) is 22.7. The minimum absolute atomic E-state index is 0.00231. The molecule has 4 aromatic rings. The van der Waals surface area contributed by atoms with Crippen molar-refractivity contribution >= 4 is 28.4 Å². The topological polar surface area (TPSA) is 117 Å². The number of aromatic amines is 1. The SMILES string of the molecule is Nc1cc(-c2ccc(N3CCOCC3)cc2)nc(-c2c[nH]c3c(F)cc(F)cc23)n1.O=C(O)C1CC2CCC1CC2. The van der Waals surface area contributed by atoms with Gasteiger partial charge in [0.1, 0.15) is 17.5 Å². The van der Waals surface area contributed by atoms with Gasteiger partial charge in [-0.1, -0.05) is 25.0 Å². The first kappa shape index (κ1) is 27.1. The van der Waals surface area contributed by atoms with E-state index in [1.54, 1.807) is 12.3 Å². The van der Waals surface area contributed by atoms with Crippen LogP contribution in [0.3, 0.4) is 0 Å². The summed E-state index contributed by atoms with van der Waals surface area (Å²) >= 11 is 0. The predicted octanol–water partition coefficient (Wildman–Crippen LogP) is 5.89. The van der Waals surface area contributed by atoms with Crippen LogP contribution in [0.15, 0.2) is 48.7 Å². The smallest absolute Gasteiger partial charge is 0.306 e. The third kappa shape index (κ3) is 5.74. The molecule has 0 spiro atoms. The minimum atomic E-state index is -0.668. The number of carboxylic acids is 1. The van der Waals surface area contributed by atoms with Crippen LogP contribution in [-0.4, -0.2) is 52.3 Å². The Morgan fingerprint density at radius 1 is 1.02 bits per heavy atom. The molecule has 2 aromatic carbocycles. The molecule has 4 aliphatic rings. The number of carboxylic acid groups (broad SMARTS) is 1. The van der Waals surface area contributed by atoms with Crippen molar-refractivity contribution in [1.29, 1.82) is 0 Å². The van der Waals surface area contributed by atoms with Crippen LogP contribution in [0.2, 0.25) is 0 Å². The highest BCUT2D eigenvalue weighted by Crippen LogP contribution is 2.44. The van der Waals surface area contributed by atoms with Gasteiger partial charge in [0.2, 0.25) is 0 Å². The number of hydrogen-bond acceptors (Lipinski definition) is 6. The maximum atomic E-state index is 14.0. The number of hydrogen-bond donors (Lipinski definition) is 3. The van der Waals surface area contributed by atoms with Gasteiger partial charge in [-0.15, -0.1) is 0 Å². The number of aromatic nitrogens is 3. The Hall–Kier alpha value is -4.05. The summed E-state index contributed by atoms with van der Waals surface area (Å²) in [5.41, 5.74) is 9.34. The van der Waals surface area contributed by atoms with E-state index < -0.39 is 17.6 Å². The van der Waals surface area contributed by atoms with Crippen LogP contribution >= 0.6 is 0 Å². The van der Waals surface area contributed by atoms with Gasteiger partial charge in [0.05, 0.1) is 30.3 Å². The molecule has 8 rings (SSSR count). The van der Waals surface area contributed by atoms with Crippen molar-refractivity contribution in [2.75, 3.05) is 36.9 Å². The quantitative estimate of drug-likeness (QED) is 0.285. The number of rotatable bonds is 4. The molecule has 3 heterocycles. The first-order valence-corrected chi connectivity index (χ1v) is 14.1. The third-order valence-electron chi connectivity index (χ3n) is 8.60. The predicted molar refractivity (Wildman–Crippen MR) is 153 cm³/mol. The second-order valence-corrected chi connectivity index (χ2v) is 11.1. The number of nitrogens with zero attached hydrogens (tertiary/aromatic N) is 3. The molecule has 4 N–H and O–H groups in total. The molecule has 3 aliphatic carbocycles. The van der Waals surface area contributed by atoms with Gasteiger partial charge in [-0.3, -0.25) is 4.79 Å². The van der Waals surface area contributed by atoms with Crippen LogP contribution in [0, 0.1) is 29.4 Å². The summed E-state index contributed by atoms with van der Waals surface area (Å²) in [6.07, 6.45) is 7.43. The Labute approximate surface area is 236 Å². The standard InChI is InChI=1S/C22H19F2N5O.C9H14O2/c23-14-9-16-17(12-26-21(16)18(24)10-14)22-27-19(11-20(25)28-22)13-1-3-15(4-2-13)29-5-7-30-8-6-29;10-9(11)8-5-6-1-3-7(8)4-2-6/h1-4,9-12,26H,5-8H2,(H2,25,27,28);6-8H,1-5H2,(H,10,11). The van der Waals surface area contributed by atoms with Crippen molar-refractivity contribution in [3.8, 4) is 22.6 Å². The van der Waals surface area contributed by atoms with Gasteiger partial charge in [-0.25, -0.2) is 18.7 Å². The Morgan fingerprint density at radius 3 is 2.39 bits per heavy atom. The molecule has 1 aliphatic heterocycles. The van der Waals surface area contributed by atoms with Crippen LogP contribution < -0.4 is 10.6 Å². The molecular formula is C31H33F2N5O3. The number of nitrogens with two attached hydrogens (primary N) is 1. The van der Waals surface area contributed by atoms with E-state index in [1.165, 1.54) is 31.7 Å². The average Bonchev–Trinajstić information content (AvgIpc) is 3.43. The zero-order chi connectivity index (χ0) is 28.5. The Balaban J connectivity index is 0.000000229. The van der Waals surface area contributed by atoms with Crippen molar-refractivity contribution in [3.63, 3.8) is 0 Å². The highest BCUT2D eigenvalue weighted by Gasteiger charge is 2.39. The number of morpholine rings is 1. The van der Waals surface area contributed by atoms with E-state index in [1.807, 2.05) is 24.3 Å². The van der Waals surface area contributed by atoms with E-state index in [0.717, 1.165) is 56.0 Å². The zero-order valence-corrected chi connectivity index (χ0v) is 22.7. The Bertz CT molecular complexity index is 1540. The average molecular weight is 562 g/mol. The molecule has 1 unspecified atom stereocenters. The lowest BCUT2D eigenvalue weighted by molar-refractivity contribution is -0.147. The first-order valence-electron chi connectivity index (χ1n) is 14.1. The van der Waals surface area contributed by atoms with Gasteiger partial charge >= 0.3 is 5.97 Å². The minimum Gasteiger partial charge on any atom is -0.481 e. The van der Waals surface area contributed by atoms with Crippen molar-refractivity contribution in [1.82, 2.24) is 15.0 Å². The molecule has 10 heteroatoms. The van der Waals surface area contributed by atoms with Gasteiger partial charge in [0.25, 0.3) is 0 Å². The maximum absolute atomic E-state index is 14.0. The number of aliphatic carboxylic acids is 1. The number of anilines is 2. The van der Waals surface area contributed by atoms with Crippen molar-refractivity contribution in [3.05, 3.63) is 60.3 Å². The summed E-state index contributed by atoms with van der Waals surface area (Å²) in [6, 6.07) is 11.8. The molecule has 2 aromatic heterocycles. The van der Waals surface area contributed by atoms with Crippen LogP contribution in [0.5, 0.6) is 0 Å². The lowest BCUT2D eigenvalue weighted by Crippen LogP contribution is -2.36. The van der Waals surface area contributed by atoms with E-state index in [9.17, 15) is 13.6 Å². The Morgan fingerprint density at radius 2 is 1.76 bits per heavy atom. The number of halogens is 2. The molecule has 0 radical (unpaired) electrons. The first-order chi connectivity index (χ1) is 19.9. The summed E-state index contributed by atoms with van der Waals surface area (Å²) in [5.74, 6) is -0.0553. The fraction of sp³-hybridized carbons (Fsp3) is 0.387. The van der Waals surface area contributed by atoms with Gasteiger partial charge in [0, 0.05) is 53.6 Å². The molecule has 41 heavy (non-hydrogen) atoms. The third-order valence-corrected chi connectivity index (χ3v) is 8.60. The number of benzene rings is 2.